The molecule has 5 nitrogen and oxygen atoms in total. The number of amides is 1. The first-order valence-corrected chi connectivity index (χ1v) is 9.45. The van der Waals surface area contributed by atoms with Crippen LogP contribution in [0.4, 0.5) is 0 Å². The normalized spacial score (nSPS) is 15.2. The smallest absolute Gasteiger partial charge is 0.251 e. The van der Waals surface area contributed by atoms with Gasteiger partial charge in [0.05, 0.1) is 13.7 Å². The van der Waals surface area contributed by atoms with Crippen molar-refractivity contribution < 1.29 is 14.3 Å². The molecule has 0 unspecified atom stereocenters. The molecule has 1 aromatic carbocycles. The average Bonchev–Trinajstić information content (AvgIpc) is 2.65. The van der Waals surface area contributed by atoms with E-state index in [1.165, 1.54) is 32.1 Å². The van der Waals surface area contributed by atoms with Gasteiger partial charge in [-0.15, -0.1) is 0 Å². The van der Waals surface area contributed by atoms with Gasteiger partial charge >= 0.3 is 0 Å². The van der Waals surface area contributed by atoms with Gasteiger partial charge < -0.3 is 19.7 Å². The fourth-order valence-corrected chi connectivity index (χ4v) is 3.42. The highest BCUT2D eigenvalue weighted by molar-refractivity contribution is 5.94. The number of rotatable bonds is 9. The first kappa shape index (κ1) is 19.6. The maximum atomic E-state index is 12.3. The Balaban J connectivity index is 1.77. The third kappa shape index (κ3) is 5.92. The molecular weight excluding hydrogens is 316 g/mol. The van der Waals surface area contributed by atoms with Crippen molar-refractivity contribution in [3.63, 3.8) is 0 Å². The highest BCUT2D eigenvalue weighted by Gasteiger charge is 2.17. The van der Waals surface area contributed by atoms with Gasteiger partial charge in [-0.05, 0) is 58.0 Å². The largest absolute Gasteiger partial charge is 0.493 e. The van der Waals surface area contributed by atoms with E-state index >= 15 is 0 Å². The lowest BCUT2D eigenvalue weighted by molar-refractivity contribution is 0.0950. The average molecular weight is 348 g/mol. The van der Waals surface area contributed by atoms with Gasteiger partial charge in [-0.2, -0.15) is 0 Å². The molecule has 0 aromatic heterocycles. The molecule has 25 heavy (non-hydrogen) atoms. The van der Waals surface area contributed by atoms with Crippen LogP contribution >= 0.6 is 0 Å². The van der Waals surface area contributed by atoms with Gasteiger partial charge in [-0.25, -0.2) is 0 Å². The van der Waals surface area contributed by atoms with Crippen LogP contribution in [-0.2, 0) is 0 Å². The molecule has 1 saturated carbocycles. The summed E-state index contributed by atoms with van der Waals surface area (Å²) in [5.74, 6) is 1.19. The number of carbonyl (C=O) groups excluding carboxylic acids is 1. The van der Waals surface area contributed by atoms with Crippen molar-refractivity contribution >= 4 is 5.91 Å². The van der Waals surface area contributed by atoms with Crippen LogP contribution in [-0.4, -0.2) is 50.7 Å². The van der Waals surface area contributed by atoms with E-state index in [2.05, 4.69) is 17.3 Å². The van der Waals surface area contributed by atoms with Crippen LogP contribution in [0.3, 0.4) is 0 Å². The fraction of sp³-hybridized carbons (Fsp3) is 0.650. The third-order valence-corrected chi connectivity index (χ3v) is 4.90. The van der Waals surface area contributed by atoms with Crippen molar-refractivity contribution in [2.24, 2.45) is 0 Å². The molecule has 0 radical (unpaired) electrons. The Hall–Kier alpha value is -1.75. The van der Waals surface area contributed by atoms with Crippen LogP contribution < -0.4 is 14.8 Å². The Kier molecular flexibility index (Phi) is 8.06. The number of nitrogens with zero attached hydrogens (tertiary/aromatic N) is 1. The van der Waals surface area contributed by atoms with Gasteiger partial charge in [0.2, 0.25) is 0 Å². The molecule has 0 bridgehead atoms. The quantitative estimate of drug-likeness (QED) is 0.694. The minimum Gasteiger partial charge on any atom is -0.493 e. The molecule has 140 valence electrons. The highest BCUT2D eigenvalue weighted by Crippen LogP contribution is 2.28. The van der Waals surface area contributed by atoms with E-state index in [9.17, 15) is 4.79 Å². The second-order valence-electron chi connectivity index (χ2n) is 6.68. The van der Waals surface area contributed by atoms with Crippen molar-refractivity contribution in [2.45, 2.75) is 51.5 Å². The van der Waals surface area contributed by atoms with Crippen molar-refractivity contribution in [3.05, 3.63) is 23.8 Å². The van der Waals surface area contributed by atoms with E-state index in [4.69, 9.17) is 9.47 Å². The first-order chi connectivity index (χ1) is 12.2. The number of ether oxygens (including phenoxy) is 2. The summed E-state index contributed by atoms with van der Waals surface area (Å²) in [5.41, 5.74) is 0.602. The molecule has 0 atom stereocenters. The van der Waals surface area contributed by atoms with Crippen LogP contribution in [0.25, 0.3) is 0 Å². The van der Waals surface area contributed by atoms with Crippen molar-refractivity contribution in [1.29, 1.82) is 0 Å². The number of benzene rings is 1. The predicted molar refractivity (Wildman–Crippen MR) is 101 cm³/mol. The summed E-state index contributed by atoms with van der Waals surface area (Å²) in [5, 5.41) is 3.00. The van der Waals surface area contributed by atoms with Gasteiger partial charge in [0, 0.05) is 18.2 Å². The molecule has 5 heteroatoms. The molecule has 1 fully saturated rings. The number of nitrogens with one attached hydrogen (secondary N) is 1. The van der Waals surface area contributed by atoms with E-state index in [0.29, 0.717) is 30.2 Å². The van der Waals surface area contributed by atoms with Crippen LogP contribution in [0.2, 0.25) is 0 Å². The zero-order valence-electron chi connectivity index (χ0n) is 15.8. The molecule has 1 aliphatic rings. The van der Waals surface area contributed by atoms with Crippen molar-refractivity contribution in [2.75, 3.05) is 33.9 Å². The molecule has 2 rings (SSSR count). The van der Waals surface area contributed by atoms with E-state index in [1.807, 2.05) is 6.92 Å². The van der Waals surface area contributed by atoms with E-state index in [1.54, 1.807) is 25.3 Å². The number of methoxy groups -OCH3 is 1. The van der Waals surface area contributed by atoms with E-state index < -0.39 is 0 Å². The van der Waals surface area contributed by atoms with Gasteiger partial charge in [0.15, 0.2) is 11.5 Å². The third-order valence-electron chi connectivity index (χ3n) is 4.90. The zero-order valence-corrected chi connectivity index (χ0v) is 15.8. The van der Waals surface area contributed by atoms with Crippen LogP contribution in [0.5, 0.6) is 11.5 Å². The summed E-state index contributed by atoms with van der Waals surface area (Å²) in [6, 6.07) is 6.01. The zero-order chi connectivity index (χ0) is 18.1. The highest BCUT2D eigenvalue weighted by atomic mass is 16.5. The van der Waals surface area contributed by atoms with Crippen LogP contribution in [0.1, 0.15) is 55.8 Å². The maximum Gasteiger partial charge on any atom is 0.251 e. The Labute approximate surface area is 151 Å². The minimum atomic E-state index is -0.0658. The number of hydrogen-bond acceptors (Lipinski definition) is 4. The molecule has 1 aliphatic carbocycles. The molecule has 1 aromatic rings. The SMILES string of the molecule is CCOc1cc(C(=O)NCCCN(C)C2CCCCC2)ccc1OC. The number of carbonyl (C=O) groups is 1. The first-order valence-electron chi connectivity index (χ1n) is 9.45. The monoisotopic (exact) mass is 348 g/mol. The minimum absolute atomic E-state index is 0.0658. The maximum absolute atomic E-state index is 12.3. The van der Waals surface area contributed by atoms with Crippen LogP contribution in [0.15, 0.2) is 18.2 Å². The summed E-state index contributed by atoms with van der Waals surface area (Å²) in [6.07, 6.45) is 7.68. The molecule has 0 aliphatic heterocycles. The van der Waals surface area contributed by atoms with Crippen molar-refractivity contribution in [1.82, 2.24) is 10.2 Å². The van der Waals surface area contributed by atoms with Crippen LogP contribution in [0, 0.1) is 0 Å². The Bertz CT molecular complexity index is 542. The van der Waals surface area contributed by atoms with Gasteiger partial charge in [-0.3, -0.25) is 4.79 Å². The Morgan fingerprint density at radius 3 is 2.68 bits per heavy atom. The van der Waals surface area contributed by atoms with Gasteiger partial charge in [0.1, 0.15) is 0 Å². The van der Waals surface area contributed by atoms with E-state index in [0.717, 1.165) is 19.0 Å². The second-order valence-corrected chi connectivity index (χ2v) is 6.68. The lowest BCUT2D eigenvalue weighted by Crippen LogP contribution is -2.35. The lowest BCUT2D eigenvalue weighted by Gasteiger charge is -2.31. The molecule has 0 heterocycles. The predicted octanol–water partition coefficient (Wildman–Crippen LogP) is 3.48. The molecule has 0 saturated heterocycles. The molecule has 0 spiro atoms. The summed E-state index contributed by atoms with van der Waals surface area (Å²) >= 11 is 0. The topological polar surface area (TPSA) is 50.8 Å². The molecule has 1 N–H and O–H groups in total. The molecule has 1 amide bonds. The van der Waals surface area contributed by atoms with E-state index in [-0.39, 0.29) is 5.91 Å². The Morgan fingerprint density at radius 1 is 1.24 bits per heavy atom. The Morgan fingerprint density at radius 2 is 2.00 bits per heavy atom. The van der Waals surface area contributed by atoms with Gasteiger partial charge in [-0.1, -0.05) is 19.3 Å². The lowest BCUT2D eigenvalue weighted by atomic mass is 9.94. The second kappa shape index (κ2) is 10.3. The summed E-state index contributed by atoms with van der Waals surface area (Å²) in [4.78, 5) is 14.8. The summed E-state index contributed by atoms with van der Waals surface area (Å²) in [7, 11) is 3.80. The standard InChI is InChI=1S/C20H32N2O3/c1-4-25-19-15-16(11-12-18(19)24-3)20(23)21-13-8-14-22(2)17-9-6-5-7-10-17/h11-12,15,17H,4-10,13-14H2,1-3H3,(H,21,23). The number of hydrogen-bond donors (Lipinski definition) is 1. The summed E-state index contributed by atoms with van der Waals surface area (Å²) in [6.45, 7) is 4.16. The summed E-state index contributed by atoms with van der Waals surface area (Å²) < 4.78 is 10.8. The van der Waals surface area contributed by atoms with Gasteiger partial charge in [0.25, 0.3) is 5.91 Å². The molecular formula is C20H32N2O3. The fourth-order valence-electron chi connectivity index (χ4n) is 3.42. The van der Waals surface area contributed by atoms with Crippen molar-refractivity contribution in [3.8, 4) is 11.5 Å².